The van der Waals surface area contributed by atoms with Crippen LogP contribution >= 0.6 is 0 Å². The normalized spacial score (nSPS) is 24.7. The molecule has 0 aromatic heterocycles. The first kappa shape index (κ1) is 12.7. The van der Waals surface area contributed by atoms with E-state index in [1.165, 1.54) is 0 Å². The standard InChI is InChI=1S/C13H22N4O2/c18-12(11-1-2-11)16-8-5-15(6-9-16)7-10-17-4-3-14-13(17)19/h11H,1-10H2,(H,14,19). The van der Waals surface area contributed by atoms with Crippen LogP contribution < -0.4 is 5.32 Å². The zero-order valence-corrected chi connectivity index (χ0v) is 11.3. The molecule has 0 aromatic rings. The molecular weight excluding hydrogens is 244 g/mol. The average molecular weight is 266 g/mol. The van der Waals surface area contributed by atoms with Gasteiger partial charge in [-0.15, -0.1) is 0 Å². The van der Waals surface area contributed by atoms with Crippen molar-refractivity contribution in [2.24, 2.45) is 5.92 Å². The van der Waals surface area contributed by atoms with Gasteiger partial charge in [0.15, 0.2) is 0 Å². The van der Waals surface area contributed by atoms with Crippen molar-refractivity contribution in [3.05, 3.63) is 0 Å². The van der Waals surface area contributed by atoms with Crippen LogP contribution in [0.25, 0.3) is 0 Å². The SMILES string of the molecule is O=C1NCCN1CCN1CCN(C(=O)C2CC2)CC1. The Morgan fingerprint density at radius 2 is 1.84 bits per heavy atom. The van der Waals surface area contributed by atoms with Gasteiger partial charge in [-0.05, 0) is 12.8 Å². The molecule has 3 amide bonds. The van der Waals surface area contributed by atoms with E-state index in [2.05, 4.69) is 10.2 Å². The molecule has 2 aliphatic heterocycles. The number of amides is 3. The lowest BCUT2D eigenvalue weighted by atomic mass is 10.2. The van der Waals surface area contributed by atoms with Crippen LogP contribution in [0.5, 0.6) is 0 Å². The monoisotopic (exact) mass is 266 g/mol. The van der Waals surface area contributed by atoms with Crippen LogP contribution in [0.3, 0.4) is 0 Å². The molecular formula is C13H22N4O2. The van der Waals surface area contributed by atoms with Crippen molar-refractivity contribution in [2.75, 3.05) is 52.4 Å². The number of urea groups is 1. The summed E-state index contributed by atoms with van der Waals surface area (Å²) in [6, 6.07) is 0.0579. The highest BCUT2D eigenvalue weighted by Crippen LogP contribution is 2.31. The van der Waals surface area contributed by atoms with Crippen LogP contribution in [-0.4, -0.2) is 79.0 Å². The molecule has 3 rings (SSSR count). The van der Waals surface area contributed by atoms with Crippen molar-refractivity contribution in [1.82, 2.24) is 20.0 Å². The van der Waals surface area contributed by atoms with Crippen LogP contribution in [0.15, 0.2) is 0 Å². The third-order valence-corrected chi connectivity index (χ3v) is 4.24. The maximum Gasteiger partial charge on any atom is 0.317 e. The Bertz CT molecular complexity index is 362. The highest BCUT2D eigenvalue weighted by molar-refractivity contribution is 5.81. The summed E-state index contributed by atoms with van der Waals surface area (Å²) >= 11 is 0. The van der Waals surface area contributed by atoms with Crippen molar-refractivity contribution in [3.63, 3.8) is 0 Å². The Hall–Kier alpha value is -1.30. The number of nitrogens with one attached hydrogen (secondary N) is 1. The van der Waals surface area contributed by atoms with Gasteiger partial charge in [-0.2, -0.15) is 0 Å². The zero-order chi connectivity index (χ0) is 13.2. The Labute approximate surface area is 113 Å². The number of carbonyl (C=O) groups excluding carboxylic acids is 2. The summed E-state index contributed by atoms with van der Waals surface area (Å²) in [5, 5.41) is 2.81. The van der Waals surface area contributed by atoms with Gasteiger partial charge in [0.1, 0.15) is 0 Å². The van der Waals surface area contributed by atoms with Crippen LogP contribution in [0, 0.1) is 5.92 Å². The lowest BCUT2D eigenvalue weighted by Crippen LogP contribution is -2.50. The molecule has 0 aromatic carbocycles. The number of hydrogen-bond acceptors (Lipinski definition) is 3. The van der Waals surface area contributed by atoms with Crippen molar-refractivity contribution in [2.45, 2.75) is 12.8 Å². The minimum absolute atomic E-state index is 0.0579. The van der Waals surface area contributed by atoms with Crippen molar-refractivity contribution >= 4 is 11.9 Å². The van der Waals surface area contributed by atoms with Gasteiger partial charge in [-0.3, -0.25) is 9.69 Å². The third kappa shape index (κ3) is 3.00. The van der Waals surface area contributed by atoms with Crippen LogP contribution in [-0.2, 0) is 4.79 Å². The number of rotatable bonds is 4. The summed E-state index contributed by atoms with van der Waals surface area (Å²) in [6.45, 7) is 6.87. The van der Waals surface area contributed by atoms with E-state index in [1.807, 2.05) is 9.80 Å². The lowest BCUT2D eigenvalue weighted by molar-refractivity contribution is -0.134. The van der Waals surface area contributed by atoms with Crippen LogP contribution in [0.4, 0.5) is 4.79 Å². The highest BCUT2D eigenvalue weighted by Gasteiger charge is 2.34. The van der Waals surface area contributed by atoms with Gasteiger partial charge < -0.3 is 15.1 Å². The molecule has 106 valence electrons. The summed E-state index contributed by atoms with van der Waals surface area (Å²) in [5.41, 5.74) is 0. The fraction of sp³-hybridized carbons (Fsp3) is 0.846. The molecule has 0 spiro atoms. The van der Waals surface area contributed by atoms with Crippen LogP contribution in [0.1, 0.15) is 12.8 Å². The minimum Gasteiger partial charge on any atom is -0.340 e. The quantitative estimate of drug-likeness (QED) is 0.751. The third-order valence-electron chi connectivity index (χ3n) is 4.24. The number of hydrogen-bond donors (Lipinski definition) is 1. The molecule has 1 saturated carbocycles. The Kier molecular flexibility index (Phi) is 3.59. The molecule has 2 heterocycles. The summed E-state index contributed by atoms with van der Waals surface area (Å²) in [4.78, 5) is 29.6. The highest BCUT2D eigenvalue weighted by atomic mass is 16.2. The molecule has 1 aliphatic carbocycles. The smallest absolute Gasteiger partial charge is 0.317 e. The predicted octanol–water partition coefficient (Wildman–Crippen LogP) is -0.434. The number of nitrogens with zero attached hydrogens (tertiary/aromatic N) is 3. The molecule has 0 bridgehead atoms. The Morgan fingerprint density at radius 3 is 2.42 bits per heavy atom. The van der Waals surface area contributed by atoms with Gasteiger partial charge in [-0.25, -0.2) is 4.79 Å². The maximum absolute atomic E-state index is 11.9. The van der Waals surface area contributed by atoms with E-state index < -0.39 is 0 Å². The van der Waals surface area contributed by atoms with Crippen molar-refractivity contribution in [3.8, 4) is 0 Å². The molecule has 6 heteroatoms. The zero-order valence-electron chi connectivity index (χ0n) is 11.3. The minimum atomic E-state index is 0.0579. The first-order valence-electron chi connectivity index (χ1n) is 7.28. The second-order valence-electron chi connectivity index (χ2n) is 5.66. The maximum atomic E-state index is 11.9. The second-order valence-corrected chi connectivity index (χ2v) is 5.66. The van der Waals surface area contributed by atoms with Crippen molar-refractivity contribution < 1.29 is 9.59 Å². The first-order valence-corrected chi connectivity index (χ1v) is 7.28. The lowest BCUT2D eigenvalue weighted by Gasteiger charge is -2.35. The summed E-state index contributed by atoms with van der Waals surface area (Å²) < 4.78 is 0. The van der Waals surface area contributed by atoms with E-state index in [0.29, 0.717) is 11.8 Å². The Balaban J connectivity index is 1.38. The van der Waals surface area contributed by atoms with Gasteiger partial charge in [0.25, 0.3) is 0 Å². The molecule has 3 aliphatic rings. The molecule has 3 fully saturated rings. The molecule has 2 saturated heterocycles. The van der Waals surface area contributed by atoms with E-state index in [1.54, 1.807) is 0 Å². The predicted molar refractivity (Wildman–Crippen MR) is 70.7 cm³/mol. The van der Waals surface area contributed by atoms with Crippen LogP contribution in [0.2, 0.25) is 0 Å². The van der Waals surface area contributed by atoms with E-state index in [4.69, 9.17) is 0 Å². The Morgan fingerprint density at radius 1 is 1.11 bits per heavy atom. The average Bonchev–Trinajstić information content (AvgIpc) is 3.20. The topological polar surface area (TPSA) is 55.9 Å². The van der Waals surface area contributed by atoms with Gasteiger partial charge in [0.05, 0.1) is 0 Å². The van der Waals surface area contributed by atoms with Crippen molar-refractivity contribution in [1.29, 1.82) is 0 Å². The first-order chi connectivity index (χ1) is 9.24. The molecule has 1 N–H and O–H groups in total. The van der Waals surface area contributed by atoms with Gasteiger partial charge >= 0.3 is 6.03 Å². The molecule has 6 nitrogen and oxygen atoms in total. The molecule has 0 atom stereocenters. The van der Waals surface area contributed by atoms with E-state index >= 15 is 0 Å². The summed E-state index contributed by atoms with van der Waals surface area (Å²) in [6.07, 6.45) is 2.17. The van der Waals surface area contributed by atoms with E-state index in [0.717, 1.165) is 65.2 Å². The molecule has 19 heavy (non-hydrogen) atoms. The largest absolute Gasteiger partial charge is 0.340 e. The molecule has 0 radical (unpaired) electrons. The fourth-order valence-electron chi connectivity index (χ4n) is 2.77. The van der Waals surface area contributed by atoms with Gasteiger partial charge in [-0.1, -0.05) is 0 Å². The van der Waals surface area contributed by atoms with E-state index in [-0.39, 0.29) is 6.03 Å². The fourth-order valence-corrected chi connectivity index (χ4v) is 2.77. The van der Waals surface area contributed by atoms with E-state index in [9.17, 15) is 9.59 Å². The second kappa shape index (κ2) is 5.36. The number of piperazine rings is 1. The van der Waals surface area contributed by atoms with Gasteiger partial charge in [0.2, 0.25) is 5.91 Å². The molecule has 0 unspecified atom stereocenters. The summed E-state index contributed by atoms with van der Waals surface area (Å²) in [5.74, 6) is 0.693. The summed E-state index contributed by atoms with van der Waals surface area (Å²) in [7, 11) is 0. The number of carbonyl (C=O) groups is 2. The van der Waals surface area contributed by atoms with Gasteiger partial charge in [0, 0.05) is 58.3 Å².